The number of nitrogens with one attached hydrogen (secondary N) is 1. The minimum atomic E-state index is -3.59. The number of hydrogen-bond donors (Lipinski definition) is 2. The fraction of sp³-hybridized carbons (Fsp3) is 0.643. The van der Waals surface area contributed by atoms with E-state index < -0.39 is 10.0 Å². The van der Waals surface area contributed by atoms with Gasteiger partial charge in [-0.1, -0.05) is 19.3 Å². The Hall–Kier alpha value is -0.890. The van der Waals surface area contributed by atoms with Crippen LogP contribution in [0.4, 0.5) is 0 Å². The van der Waals surface area contributed by atoms with Crippen LogP contribution in [0.5, 0.6) is 5.88 Å². The van der Waals surface area contributed by atoms with Gasteiger partial charge in [-0.15, -0.1) is 12.4 Å². The zero-order chi connectivity index (χ0) is 15.3. The topological polar surface area (TPSA) is 94.3 Å². The average Bonchev–Trinajstić information content (AvgIpc) is 2.53. The summed E-state index contributed by atoms with van der Waals surface area (Å²) in [6.07, 6.45) is 6.88. The van der Waals surface area contributed by atoms with Crippen LogP contribution in [-0.2, 0) is 10.0 Å². The SMILES string of the molecule is COc1ccc(S(=O)(=O)NC(CN)C2CCCCC2)cn1.Cl. The molecule has 0 saturated heterocycles. The second kappa shape index (κ2) is 8.67. The van der Waals surface area contributed by atoms with Crippen molar-refractivity contribution in [2.24, 2.45) is 11.7 Å². The Bertz CT molecular complexity index is 545. The number of nitrogens with two attached hydrogens (primary N) is 1. The highest BCUT2D eigenvalue weighted by Gasteiger charge is 2.27. The van der Waals surface area contributed by atoms with Gasteiger partial charge in [0.15, 0.2) is 0 Å². The summed E-state index contributed by atoms with van der Waals surface area (Å²) in [5.74, 6) is 0.710. The second-order valence-electron chi connectivity index (χ2n) is 5.40. The highest BCUT2D eigenvalue weighted by atomic mass is 35.5. The number of hydrogen-bond acceptors (Lipinski definition) is 5. The van der Waals surface area contributed by atoms with E-state index in [2.05, 4.69) is 9.71 Å². The lowest BCUT2D eigenvalue weighted by Gasteiger charge is -2.29. The molecule has 1 aromatic rings. The first-order valence-electron chi connectivity index (χ1n) is 7.29. The van der Waals surface area contributed by atoms with Crippen LogP contribution >= 0.6 is 12.4 Å². The molecule has 6 nitrogen and oxygen atoms in total. The number of nitrogens with zero attached hydrogens (tertiary/aromatic N) is 1. The molecule has 1 fully saturated rings. The van der Waals surface area contributed by atoms with Gasteiger partial charge in [-0.2, -0.15) is 0 Å². The summed E-state index contributed by atoms with van der Waals surface area (Å²) in [4.78, 5) is 4.07. The number of pyridine rings is 1. The lowest BCUT2D eigenvalue weighted by molar-refractivity contribution is 0.294. The van der Waals surface area contributed by atoms with E-state index in [4.69, 9.17) is 10.5 Å². The van der Waals surface area contributed by atoms with Gasteiger partial charge < -0.3 is 10.5 Å². The molecule has 1 unspecified atom stereocenters. The van der Waals surface area contributed by atoms with Crippen molar-refractivity contribution in [3.63, 3.8) is 0 Å². The summed E-state index contributed by atoms with van der Waals surface area (Å²) in [6, 6.07) is 2.81. The Morgan fingerprint density at radius 3 is 2.55 bits per heavy atom. The Kier molecular flexibility index (Phi) is 7.55. The molecule has 0 spiro atoms. The van der Waals surface area contributed by atoms with Crippen LogP contribution in [-0.4, -0.2) is 33.1 Å². The molecule has 0 radical (unpaired) electrons. The zero-order valence-corrected chi connectivity index (χ0v) is 14.3. The van der Waals surface area contributed by atoms with Crippen LogP contribution < -0.4 is 15.2 Å². The fourth-order valence-corrected chi connectivity index (χ4v) is 4.05. The molecule has 22 heavy (non-hydrogen) atoms. The van der Waals surface area contributed by atoms with Crippen molar-refractivity contribution in [2.75, 3.05) is 13.7 Å². The molecule has 1 atom stereocenters. The second-order valence-corrected chi connectivity index (χ2v) is 7.11. The number of aromatic nitrogens is 1. The number of methoxy groups -OCH3 is 1. The van der Waals surface area contributed by atoms with Crippen molar-refractivity contribution >= 4 is 22.4 Å². The largest absolute Gasteiger partial charge is 0.481 e. The number of sulfonamides is 1. The molecule has 8 heteroatoms. The quantitative estimate of drug-likeness (QED) is 0.815. The third-order valence-corrected chi connectivity index (χ3v) is 5.48. The number of rotatable bonds is 6. The van der Waals surface area contributed by atoms with E-state index in [9.17, 15) is 8.42 Å². The maximum Gasteiger partial charge on any atom is 0.242 e. The molecular formula is C14H24ClN3O3S. The standard InChI is InChI=1S/C14H23N3O3S.ClH/c1-20-14-8-7-12(10-16-14)21(18,19)17-13(9-15)11-5-3-2-4-6-11;/h7-8,10-11,13,17H,2-6,9,15H2,1H3;1H. The summed E-state index contributed by atoms with van der Waals surface area (Å²) in [7, 11) is -2.11. The van der Waals surface area contributed by atoms with E-state index in [1.54, 1.807) is 0 Å². The lowest BCUT2D eigenvalue weighted by Crippen LogP contribution is -2.45. The lowest BCUT2D eigenvalue weighted by atomic mass is 9.84. The van der Waals surface area contributed by atoms with Crippen LogP contribution in [0, 0.1) is 5.92 Å². The molecule has 1 heterocycles. The fourth-order valence-electron chi connectivity index (χ4n) is 2.79. The maximum absolute atomic E-state index is 12.4. The van der Waals surface area contributed by atoms with Gasteiger partial charge in [-0.05, 0) is 24.8 Å². The van der Waals surface area contributed by atoms with Gasteiger partial charge in [0.25, 0.3) is 0 Å². The van der Waals surface area contributed by atoms with Crippen molar-refractivity contribution in [1.82, 2.24) is 9.71 Å². The Labute approximate surface area is 138 Å². The van der Waals surface area contributed by atoms with E-state index in [1.165, 1.54) is 31.9 Å². The van der Waals surface area contributed by atoms with E-state index in [0.29, 0.717) is 18.3 Å². The molecular weight excluding hydrogens is 326 g/mol. The molecule has 1 aromatic heterocycles. The van der Waals surface area contributed by atoms with Crippen LogP contribution in [0.3, 0.4) is 0 Å². The summed E-state index contributed by atoms with van der Waals surface area (Å²) in [5.41, 5.74) is 5.77. The molecule has 3 N–H and O–H groups in total. The summed E-state index contributed by atoms with van der Waals surface area (Å²) >= 11 is 0. The van der Waals surface area contributed by atoms with Crippen molar-refractivity contribution in [3.05, 3.63) is 18.3 Å². The Morgan fingerprint density at radius 2 is 2.05 bits per heavy atom. The molecule has 1 aliphatic rings. The molecule has 1 saturated carbocycles. The first-order valence-corrected chi connectivity index (χ1v) is 8.77. The Morgan fingerprint density at radius 1 is 1.36 bits per heavy atom. The summed E-state index contributed by atoms with van der Waals surface area (Å²) in [5, 5.41) is 0. The highest BCUT2D eigenvalue weighted by Crippen LogP contribution is 2.27. The van der Waals surface area contributed by atoms with Crippen LogP contribution in [0.15, 0.2) is 23.2 Å². The van der Waals surface area contributed by atoms with E-state index in [-0.39, 0.29) is 23.3 Å². The molecule has 2 rings (SSSR count). The van der Waals surface area contributed by atoms with Gasteiger partial charge in [-0.25, -0.2) is 18.1 Å². The zero-order valence-electron chi connectivity index (χ0n) is 12.7. The van der Waals surface area contributed by atoms with Gasteiger partial charge in [0.2, 0.25) is 15.9 Å². The third-order valence-electron chi connectivity index (χ3n) is 4.01. The molecule has 0 aliphatic heterocycles. The van der Waals surface area contributed by atoms with Gasteiger partial charge in [0.1, 0.15) is 4.90 Å². The van der Waals surface area contributed by atoms with Crippen LogP contribution in [0.25, 0.3) is 0 Å². The summed E-state index contributed by atoms with van der Waals surface area (Å²) < 4.78 is 32.5. The van der Waals surface area contributed by atoms with Gasteiger partial charge in [-0.3, -0.25) is 0 Å². The minimum Gasteiger partial charge on any atom is -0.481 e. The van der Waals surface area contributed by atoms with E-state index >= 15 is 0 Å². The third kappa shape index (κ3) is 4.81. The smallest absolute Gasteiger partial charge is 0.242 e. The number of ether oxygens (including phenoxy) is 1. The van der Waals surface area contributed by atoms with E-state index in [1.807, 2.05) is 0 Å². The van der Waals surface area contributed by atoms with Crippen LogP contribution in [0.2, 0.25) is 0 Å². The van der Waals surface area contributed by atoms with Crippen molar-refractivity contribution in [1.29, 1.82) is 0 Å². The van der Waals surface area contributed by atoms with Gasteiger partial charge >= 0.3 is 0 Å². The van der Waals surface area contributed by atoms with Crippen molar-refractivity contribution in [3.8, 4) is 5.88 Å². The predicted molar refractivity (Wildman–Crippen MR) is 87.8 cm³/mol. The molecule has 0 aromatic carbocycles. The Balaban J connectivity index is 0.00000242. The number of halogens is 1. The summed E-state index contributed by atoms with van der Waals surface area (Å²) in [6.45, 7) is 0.313. The predicted octanol–water partition coefficient (Wildman–Crippen LogP) is 1.70. The monoisotopic (exact) mass is 349 g/mol. The molecule has 0 bridgehead atoms. The average molecular weight is 350 g/mol. The van der Waals surface area contributed by atoms with Gasteiger partial charge in [0, 0.05) is 18.7 Å². The molecule has 126 valence electrons. The van der Waals surface area contributed by atoms with Crippen molar-refractivity contribution in [2.45, 2.75) is 43.0 Å². The maximum atomic E-state index is 12.4. The van der Waals surface area contributed by atoms with E-state index in [0.717, 1.165) is 25.7 Å². The van der Waals surface area contributed by atoms with Crippen LogP contribution in [0.1, 0.15) is 32.1 Å². The first kappa shape index (κ1) is 19.2. The normalized spacial score (nSPS) is 17.5. The highest BCUT2D eigenvalue weighted by molar-refractivity contribution is 7.89. The van der Waals surface area contributed by atoms with Gasteiger partial charge in [0.05, 0.1) is 13.3 Å². The first-order chi connectivity index (χ1) is 10.1. The minimum absolute atomic E-state index is 0. The molecule has 0 amide bonds. The van der Waals surface area contributed by atoms with Crippen molar-refractivity contribution < 1.29 is 13.2 Å². The molecule has 1 aliphatic carbocycles.